The van der Waals surface area contributed by atoms with E-state index in [0.717, 1.165) is 28.2 Å². The Hall–Kier alpha value is -2.08. The number of β-amino-alcohol motifs (C(OH)–C–C–N with tert-alkyl or cyclic N) is 1. The van der Waals surface area contributed by atoms with Gasteiger partial charge in [0.1, 0.15) is 0 Å². The number of fused-ring (bicyclic) bond motifs is 5. The number of hydrogen-bond donors (Lipinski definition) is 1. The molecular weight excluding hydrogens is 447 g/mol. The first-order chi connectivity index (χ1) is 15.0. The van der Waals surface area contributed by atoms with Crippen molar-refractivity contribution in [3.8, 4) is 0 Å². The highest BCUT2D eigenvalue weighted by Crippen LogP contribution is 2.60. The van der Waals surface area contributed by atoms with E-state index in [2.05, 4.69) is 0 Å². The van der Waals surface area contributed by atoms with Crippen molar-refractivity contribution in [2.45, 2.75) is 46.3 Å². The smallest absolute Gasteiger partial charge is 0.235 e. The minimum atomic E-state index is -0.905. The van der Waals surface area contributed by atoms with Gasteiger partial charge in [-0.1, -0.05) is 44.0 Å². The Morgan fingerprint density at radius 2 is 1.56 bits per heavy atom. The van der Waals surface area contributed by atoms with Crippen LogP contribution in [-0.4, -0.2) is 39.0 Å². The van der Waals surface area contributed by atoms with Crippen molar-refractivity contribution in [3.63, 3.8) is 0 Å². The number of amides is 2. The molecule has 2 fully saturated rings. The summed E-state index contributed by atoms with van der Waals surface area (Å²) in [7, 11) is 0. The number of halogens is 2. The lowest BCUT2D eigenvalue weighted by atomic mass is 9.62. The Balaban J connectivity index is 1.48. The van der Waals surface area contributed by atoms with Crippen molar-refractivity contribution in [2.75, 3.05) is 6.54 Å². The van der Waals surface area contributed by atoms with E-state index in [9.17, 15) is 14.7 Å². The predicted octanol–water partition coefficient (Wildman–Crippen LogP) is 5.27. The average molecular weight is 473 g/mol. The molecule has 0 radical (unpaired) electrons. The third-order valence-corrected chi connectivity index (χ3v) is 8.55. The van der Waals surface area contributed by atoms with E-state index in [1.807, 2.05) is 61.7 Å². The Labute approximate surface area is 196 Å². The second kappa shape index (κ2) is 7.21. The van der Waals surface area contributed by atoms with Crippen LogP contribution in [0.15, 0.2) is 36.4 Å². The first-order valence-electron chi connectivity index (χ1n) is 11.0. The van der Waals surface area contributed by atoms with Crippen molar-refractivity contribution in [3.05, 3.63) is 46.4 Å². The molecule has 2 bridgehead atoms. The van der Waals surface area contributed by atoms with E-state index in [1.165, 1.54) is 4.90 Å². The summed E-state index contributed by atoms with van der Waals surface area (Å²) in [5.41, 5.74) is 0.880. The Morgan fingerprint density at radius 3 is 2.12 bits per heavy atom. The molecule has 1 aliphatic heterocycles. The number of rotatable bonds is 4. The van der Waals surface area contributed by atoms with Gasteiger partial charge in [-0.05, 0) is 54.7 Å². The number of carbonyl (C=O) groups is 2. The fourth-order valence-corrected chi connectivity index (χ4v) is 6.14. The van der Waals surface area contributed by atoms with Crippen molar-refractivity contribution < 1.29 is 14.7 Å². The van der Waals surface area contributed by atoms with Crippen LogP contribution < -0.4 is 0 Å². The summed E-state index contributed by atoms with van der Waals surface area (Å²) in [4.78, 5) is 27.8. The van der Waals surface area contributed by atoms with Crippen LogP contribution in [0.1, 0.15) is 33.6 Å². The largest absolute Gasteiger partial charge is 0.389 e. The molecule has 2 aromatic carbocycles. The van der Waals surface area contributed by atoms with Gasteiger partial charge in [-0.2, -0.15) is 0 Å². The van der Waals surface area contributed by atoms with Gasteiger partial charge in [0.25, 0.3) is 0 Å². The Kier molecular flexibility index (Phi) is 4.90. The van der Waals surface area contributed by atoms with Gasteiger partial charge in [0.15, 0.2) is 0 Å². The highest BCUT2D eigenvalue weighted by Gasteiger charge is 2.64. The summed E-state index contributed by atoms with van der Waals surface area (Å²) < 4.78 is 2.00. The molecule has 5 nitrogen and oxygen atoms in total. The van der Waals surface area contributed by atoms with Gasteiger partial charge >= 0.3 is 0 Å². The number of likely N-dealkylation sites (tertiary alicyclic amines) is 1. The maximum atomic E-state index is 13.3. The van der Waals surface area contributed by atoms with Gasteiger partial charge < -0.3 is 9.67 Å². The van der Waals surface area contributed by atoms with E-state index in [-0.39, 0.29) is 36.2 Å². The molecular formula is C25H26Cl2N2O3. The number of hydrogen-bond acceptors (Lipinski definition) is 3. The Morgan fingerprint density at radius 1 is 1.00 bits per heavy atom. The molecule has 2 amide bonds. The molecule has 7 heteroatoms. The normalized spacial score (nSPS) is 25.8. The fourth-order valence-electron chi connectivity index (χ4n) is 5.80. The molecule has 0 unspecified atom stereocenters. The van der Waals surface area contributed by atoms with E-state index in [0.29, 0.717) is 16.5 Å². The zero-order valence-electron chi connectivity index (χ0n) is 18.4. The van der Waals surface area contributed by atoms with Crippen LogP contribution in [0.25, 0.3) is 21.8 Å². The number of imide groups is 1. The first kappa shape index (κ1) is 21.7. The van der Waals surface area contributed by atoms with Crippen molar-refractivity contribution in [1.82, 2.24) is 9.47 Å². The van der Waals surface area contributed by atoms with Crippen LogP contribution in [0, 0.1) is 16.7 Å². The summed E-state index contributed by atoms with van der Waals surface area (Å²) in [6, 6.07) is 11.2. The number of nitrogens with zero attached hydrogens (tertiary/aromatic N) is 2. The molecule has 3 atom stereocenters. The quantitative estimate of drug-likeness (QED) is 0.525. The molecule has 1 aliphatic carbocycles. The molecule has 1 aromatic heterocycles. The van der Waals surface area contributed by atoms with Crippen LogP contribution in [0.3, 0.4) is 0 Å². The molecule has 32 heavy (non-hydrogen) atoms. The standard InChI is InChI=1S/C25H26Cl2N2O3/c1-24(2)19-8-9-25(24,3)23(32)29(22(19)31)13-16(30)12-28-20-6-4-14(26)10-17(20)18-11-15(27)5-7-21(18)28/h4-7,10-11,16,19,30H,8-9,12-13H2,1-3H3/t16-,19-,25+/m0/s1. The Bertz CT molecular complexity index is 1220. The van der Waals surface area contributed by atoms with E-state index >= 15 is 0 Å². The summed E-state index contributed by atoms with van der Waals surface area (Å²) in [5.74, 6) is -0.509. The van der Waals surface area contributed by atoms with Crippen LogP contribution in [0.2, 0.25) is 10.0 Å². The maximum absolute atomic E-state index is 13.3. The van der Waals surface area contributed by atoms with E-state index in [1.54, 1.807) is 0 Å². The third-order valence-electron chi connectivity index (χ3n) is 8.08. The molecule has 0 spiro atoms. The molecule has 5 rings (SSSR count). The number of carbonyl (C=O) groups excluding carboxylic acids is 2. The van der Waals surface area contributed by atoms with E-state index in [4.69, 9.17) is 23.2 Å². The van der Waals surface area contributed by atoms with Crippen LogP contribution in [0.5, 0.6) is 0 Å². The van der Waals surface area contributed by atoms with Crippen molar-refractivity contribution >= 4 is 56.8 Å². The number of aliphatic hydroxyl groups is 1. The lowest BCUT2D eigenvalue weighted by Gasteiger charge is -2.48. The SMILES string of the molecule is CC1(C)[C@H]2CC[C@]1(C)C(=O)N(C[C@@H](O)Cn1c3ccc(Cl)cc3c3cc(Cl)ccc31)C2=O. The van der Waals surface area contributed by atoms with Gasteiger partial charge in [0.2, 0.25) is 11.8 Å². The van der Waals surface area contributed by atoms with Crippen molar-refractivity contribution in [1.29, 1.82) is 0 Å². The number of benzene rings is 2. The lowest BCUT2D eigenvalue weighted by Crippen LogP contribution is -2.60. The van der Waals surface area contributed by atoms with Crippen LogP contribution in [0.4, 0.5) is 0 Å². The van der Waals surface area contributed by atoms with Gasteiger partial charge in [0.05, 0.1) is 24.6 Å². The summed E-state index contributed by atoms with van der Waals surface area (Å²) in [6.45, 7) is 6.22. The number of piperidine rings is 1. The lowest BCUT2D eigenvalue weighted by molar-refractivity contribution is -0.169. The molecule has 1 saturated heterocycles. The third kappa shape index (κ3) is 2.94. The molecule has 1 saturated carbocycles. The monoisotopic (exact) mass is 472 g/mol. The van der Waals surface area contributed by atoms with Gasteiger partial charge in [-0.15, -0.1) is 0 Å². The van der Waals surface area contributed by atoms with E-state index < -0.39 is 11.5 Å². The summed E-state index contributed by atoms with van der Waals surface area (Å²) in [5, 5.41) is 14.1. The zero-order chi connectivity index (χ0) is 23.0. The first-order valence-corrected chi connectivity index (χ1v) is 11.7. The van der Waals surface area contributed by atoms with Gasteiger partial charge in [0, 0.05) is 37.8 Å². The topological polar surface area (TPSA) is 62.5 Å². The van der Waals surface area contributed by atoms with Gasteiger partial charge in [-0.25, -0.2) is 0 Å². The minimum absolute atomic E-state index is 0.0117. The van der Waals surface area contributed by atoms with Crippen LogP contribution in [-0.2, 0) is 16.1 Å². The average Bonchev–Trinajstić information content (AvgIpc) is 3.12. The molecule has 2 heterocycles. The predicted molar refractivity (Wildman–Crippen MR) is 127 cm³/mol. The summed E-state index contributed by atoms with van der Waals surface area (Å²) in [6.07, 6.45) is 0.517. The maximum Gasteiger partial charge on any atom is 0.235 e. The molecule has 1 N–H and O–H groups in total. The zero-order valence-corrected chi connectivity index (χ0v) is 19.9. The minimum Gasteiger partial charge on any atom is -0.389 e. The number of aromatic nitrogens is 1. The van der Waals surface area contributed by atoms with Crippen LogP contribution >= 0.6 is 23.2 Å². The second-order valence-corrected chi connectivity index (χ2v) is 10.9. The van der Waals surface area contributed by atoms with Gasteiger partial charge in [-0.3, -0.25) is 14.5 Å². The van der Waals surface area contributed by atoms with Crippen molar-refractivity contribution in [2.24, 2.45) is 16.7 Å². The second-order valence-electron chi connectivity index (χ2n) is 9.99. The summed E-state index contributed by atoms with van der Waals surface area (Å²) >= 11 is 12.5. The fraction of sp³-hybridized carbons (Fsp3) is 0.440. The molecule has 3 aromatic rings. The highest BCUT2D eigenvalue weighted by atomic mass is 35.5. The highest BCUT2D eigenvalue weighted by molar-refractivity contribution is 6.33. The number of aliphatic hydroxyl groups excluding tert-OH is 1. The molecule has 168 valence electrons. The molecule has 2 aliphatic rings.